The molecule has 3 amide bonds. The van der Waals surface area contributed by atoms with Crippen LogP contribution in [0.4, 0.5) is 19.7 Å². The summed E-state index contributed by atoms with van der Waals surface area (Å²) in [4.78, 5) is 26.1. The second-order valence-corrected chi connectivity index (χ2v) is 11.7. The highest BCUT2D eigenvalue weighted by Gasteiger charge is 2.31. The molecule has 0 radical (unpaired) electrons. The second-order valence-electron chi connectivity index (χ2n) is 10.1. The fraction of sp³-hybridized carbons (Fsp3) is 0.440. The molecule has 9 nitrogen and oxygen atoms in total. The van der Waals surface area contributed by atoms with Gasteiger partial charge in [-0.25, -0.2) is 18.7 Å². The minimum Gasteiger partial charge on any atom is -0.443 e. The third-order valence-corrected chi connectivity index (χ3v) is 7.72. The van der Waals surface area contributed by atoms with Gasteiger partial charge >= 0.3 is 22.3 Å². The molecule has 2 aromatic carbocycles. The van der Waals surface area contributed by atoms with Crippen LogP contribution in [-0.2, 0) is 28.0 Å². The van der Waals surface area contributed by atoms with Crippen molar-refractivity contribution in [2.45, 2.75) is 58.2 Å². The van der Waals surface area contributed by atoms with E-state index in [4.69, 9.17) is 4.74 Å². The van der Waals surface area contributed by atoms with Gasteiger partial charge in [0.05, 0.1) is 6.54 Å². The molecule has 2 heterocycles. The van der Waals surface area contributed by atoms with Crippen molar-refractivity contribution < 1.29 is 27.1 Å². The van der Waals surface area contributed by atoms with E-state index >= 15 is 0 Å². The molecule has 1 fully saturated rings. The van der Waals surface area contributed by atoms with E-state index in [1.807, 2.05) is 35.1 Å². The number of benzene rings is 2. The van der Waals surface area contributed by atoms with E-state index in [2.05, 4.69) is 5.32 Å². The molecule has 0 aliphatic carbocycles. The molecule has 0 spiro atoms. The van der Waals surface area contributed by atoms with Crippen LogP contribution in [0.2, 0.25) is 0 Å². The van der Waals surface area contributed by atoms with Gasteiger partial charge in [0, 0.05) is 30.9 Å². The smallest absolute Gasteiger partial charge is 0.422 e. The number of rotatable bonds is 4. The normalized spacial score (nSPS) is 16.9. The van der Waals surface area contributed by atoms with Crippen molar-refractivity contribution in [3.05, 3.63) is 65.0 Å². The Morgan fingerprint density at radius 3 is 2.31 bits per heavy atom. The summed E-state index contributed by atoms with van der Waals surface area (Å²) in [5.41, 5.74) is 2.24. The summed E-state index contributed by atoms with van der Waals surface area (Å²) in [6.07, 6.45) is 0.196. The summed E-state index contributed by atoms with van der Waals surface area (Å²) in [7, 11) is -3.98. The molecular weight excluding hydrogens is 487 g/mol. The quantitative estimate of drug-likeness (QED) is 0.627. The first-order chi connectivity index (χ1) is 16.9. The Morgan fingerprint density at radius 1 is 1.03 bits per heavy atom. The van der Waals surface area contributed by atoms with Crippen molar-refractivity contribution in [2.24, 2.45) is 0 Å². The number of nitrogens with zero attached hydrogens (tertiary/aromatic N) is 2. The summed E-state index contributed by atoms with van der Waals surface area (Å²) in [6.45, 7) is 6.12. The molecule has 11 heteroatoms. The van der Waals surface area contributed by atoms with Crippen LogP contribution >= 0.6 is 0 Å². The fourth-order valence-corrected chi connectivity index (χ4v) is 5.54. The minimum atomic E-state index is -3.98. The largest absolute Gasteiger partial charge is 0.443 e. The van der Waals surface area contributed by atoms with E-state index in [0.29, 0.717) is 30.6 Å². The molecule has 4 rings (SSSR count). The Kier molecular flexibility index (Phi) is 7.24. The average molecular weight is 519 g/mol. The van der Waals surface area contributed by atoms with Gasteiger partial charge in [0.2, 0.25) is 0 Å². The lowest BCUT2D eigenvalue weighted by molar-refractivity contribution is 0.0566. The molecule has 2 aliphatic heterocycles. The standard InChI is InChI=1S/C25H31FN4O5S/c1-25(2,3)35-24(32)28-36(33,34)30-13-11-18(12-14-30)17-7-9-20(10-8-17)27-23(31)29-15-19-5-4-6-22(26)21(19)16-29/h4-10,18H,11-16H2,1-3H3,(H,27,31)(H,28,32). The number of hydrogen-bond donors (Lipinski definition) is 2. The number of nitrogens with one attached hydrogen (secondary N) is 2. The number of carbonyl (C=O) groups excluding carboxylic acids is 2. The fourth-order valence-electron chi connectivity index (χ4n) is 4.46. The van der Waals surface area contributed by atoms with E-state index in [-0.39, 0.29) is 37.4 Å². The van der Waals surface area contributed by atoms with Crippen molar-refractivity contribution in [1.29, 1.82) is 0 Å². The number of piperidine rings is 1. The van der Waals surface area contributed by atoms with Crippen molar-refractivity contribution >= 4 is 28.0 Å². The topological polar surface area (TPSA) is 108 Å². The van der Waals surface area contributed by atoms with Crippen molar-refractivity contribution in [2.75, 3.05) is 18.4 Å². The highest BCUT2D eigenvalue weighted by molar-refractivity contribution is 7.87. The number of urea groups is 1. The highest BCUT2D eigenvalue weighted by atomic mass is 32.2. The third-order valence-electron chi connectivity index (χ3n) is 6.25. The summed E-state index contributed by atoms with van der Waals surface area (Å²) in [5.74, 6) is -0.148. The molecule has 2 aromatic rings. The van der Waals surface area contributed by atoms with Gasteiger partial charge in [0.25, 0.3) is 0 Å². The van der Waals surface area contributed by atoms with E-state index < -0.39 is 21.9 Å². The van der Waals surface area contributed by atoms with E-state index in [1.54, 1.807) is 31.7 Å². The summed E-state index contributed by atoms with van der Waals surface area (Å²) in [5, 5.41) is 2.85. The van der Waals surface area contributed by atoms with E-state index in [0.717, 1.165) is 11.1 Å². The average Bonchev–Trinajstić information content (AvgIpc) is 3.24. The van der Waals surface area contributed by atoms with Gasteiger partial charge in [-0.15, -0.1) is 0 Å². The highest BCUT2D eigenvalue weighted by Crippen LogP contribution is 2.30. The first-order valence-corrected chi connectivity index (χ1v) is 13.3. The molecule has 0 atom stereocenters. The minimum absolute atomic E-state index is 0.152. The van der Waals surface area contributed by atoms with Crippen LogP contribution in [0, 0.1) is 5.82 Å². The van der Waals surface area contributed by atoms with Gasteiger partial charge in [-0.05, 0) is 68.9 Å². The Balaban J connectivity index is 1.28. The Labute approximate surface area is 210 Å². The lowest BCUT2D eigenvalue weighted by Gasteiger charge is -2.31. The molecule has 0 aromatic heterocycles. The lowest BCUT2D eigenvalue weighted by atomic mass is 9.90. The predicted molar refractivity (Wildman–Crippen MR) is 133 cm³/mol. The maximum Gasteiger partial charge on any atom is 0.422 e. The second kappa shape index (κ2) is 10.1. The van der Waals surface area contributed by atoms with Crippen LogP contribution in [-0.4, -0.2) is 48.4 Å². The molecular formula is C25H31FN4O5S. The van der Waals surface area contributed by atoms with Crippen molar-refractivity contribution in [1.82, 2.24) is 13.9 Å². The molecule has 2 N–H and O–H groups in total. The number of carbonyl (C=O) groups is 2. The van der Waals surface area contributed by atoms with Gasteiger partial charge in [0.15, 0.2) is 0 Å². The van der Waals surface area contributed by atoms with Crippen molar-refractivity contribution in [3.63, 3.8) is 0 Å². The van der Waals surface area contributed by atoms with Gasteiger partial charge in [-0.3, -0.25) is 0 Å². The van der Waals surface area contributed by atoms with Crippen LogP contribution in [0.1, 0.15) is 56.2 Å². The summed E-state index contributed by atoms with van der Waals surface area (Å²) >= 11 is 0. The zero-order chi connectivity index (χ0) is 26.1. The SMILES string of the molecule is CC(C)(C)OC(=O)NS(=O)(=O)N1CCC(c2ccc(NC(=O)N3Cc4cccc(F)c4C3)cc2)CC1. The Bertz CT molecular complexity index is 1240. The lowest BCUT2D eigenvalue weighted by Crippen LogP contribution is -2.47. The molecule has 1 saturated heterocycles. The van der Waals surface area contributed by atoms with E-state index in [9.17, 15) is 22.4 Å². The monoisotopic (exact) mass is 518 g/mol. The van der Waals surface area contributed by atoms with Crippen LogP contribution in [0.3, 0.4) is 0 Å². The molecule has 2 aliphatic rings. The Morgan fingerprint density at radius 2 is 1.69 bits per heavy atom. The van der Waals surface area contributed by atoms with E-state index in [1.165, 1.54) is 10.4 Å². The van der Waals surface area contributed by atoms with Gasteiger partial charge in [-0.1, -0.05) is 24.3 Å². The molecule has 194 valence electrons. The van der Waals surface area contributed by atoms with Crippen LogP contribution < -0.4 is 10.0 Å². The molecule has 0 unspecified atom stereocenters. The first kappa shape index (κ1) is 25.9. The zero-order valence-corrected chi connectivity index (χ0v) is 21.4. The number of halogens is 1. The summed E-state index contributed by atoms with van der Waals surface area (Å²) in [6, 6.07) is 12.0. The number of amides is 3. The first-order valence-electron chi connectivity index (χ1n) is 11.8. The maximum atomic E-state index is 14.0. The maximum absolute atomic E-state index is 14.0. The number of anilines is 1. The Hall–Kier alpha value is -3.18. The van der Waals surface area contributed by atoms with Crippen molar-refractivity contribution in [3.8, 4) is 0 Å². The number of hydrogen-bond acceptors (Lipinski definition) is 5. The summed E-state index contributed by atoms with van der Waals surface area (Å²) < 4.78 is 47.3. The predicted octanol–water partition coefficient (Wildman–Crippen LogP) is 4.32. The van der Waals surface area contributed by atoms with Crippen LogP contribution in [0.5, 0.6) is 0 Å². The molecule has 0 saturated carbocycles. The van der Waals surface area contributed by atoms with Crippen LogP contribution in [0.15, 0.2) is 42.5 Å². The molecule has 0 bridgehead atoms. The molecule has 36 heavy (non-hydrogen) atoms. The van der Waals surface area contributed by atoms with Crippen LogP contribution in [0.25, 0.3) is 0 Å². The van der Waals surface area contributed by atoms with Gasteiger partial charge in [0.1, 0.15) is 11.4 Å². The third kappa shape index (κ3) is 6.14. The zero-order valence-electron chi connectivity index (χ0n) is 20.6. The number of fused-ring (bicyclic) bond motifs is 1. The van der Waals surface area contributed by atoms with Gasteiger partial charge < -0.3 is 15.0 Å². The van der Waals surface area contributed by atoms with Gasteiger partial charge in [-0.2, -0.15) is 12.7 Å². The number of ether oxygens (including phenoxy) is 1.